The Labute approximate surface area is 118 Å². The van der Waals surface area contributed by atoms with E-state index >= 15 is 0 Å². The molecular formula is C13H13BrFNO3. The maximum Gasteiger partial charge on any atom is 0.343 e. The van der Waals surface area contributed by atoms with Gasteiger partial charge in [0, 0.05) is 23.0 Å². The smallest absolute Gasteiger partial charge is 0.343 e. The number of amides is 1. The van der Waals surface area contributed by atoms with Crippen LogP contribution in [0.2, 0.25) is 0 Å². The lowest BCUT2D eigenvalue weighted by Gasteiger charge is -2.18. The van der Waals surface area contributed by atoms with Crippen molar-refractivity contribution in [1.29, 1.82) is 0 Å². The number of carboxylic acids is 1. The Morgan fingerprint density at radius 3 is 2.68 bits per heavy atom. The van der Waals surface area contributed by atoms with E-state index in [1.54, 1.807) is 25.1 Å². The van der Waals surface area contributed by atoms with Gasteiger partial charge >= 0.3 is 5.97 Å². The fourth-order valence-corrected chi connectivity index (χ4v) is 2.63. The Kier molecular flexibility index (Phi) is 3.62. The van der Waals surface area contributed by atoms with Crippen LogP contribution in [0.25, 0.3) is 0 Å². The van der Waals surface area contributed by atoms with Crippen molar-refractivity contribution >= 4 is 27.8 Å². The topological polar surface area (TPSA) is 57.6 Å². The van der Waals surface area contributed by atoms with Gasteiger partial charge in [-0.1, -0.05) is 15.9 Å². The highest BCUT2D eigenvalue weighted by molar-refractivity contribution is 9.10. The quantitative estimate of drug-likeness (QED) is 0.906. The zero-order chi connectivity index (χ0) is 14.2. The summed E-state index contributed by atoms with van der Waals surface area (Å²) in [5, 5.41) is 8.81. The van der Waals surface area contributed by atoms with Gasteiger partial charge in [0.1, 0.15) is 0 Å². The molecule has 2 rings (SSSR count). The van der Waals surface area contributed by atoms with Crippen molar-refractivity contribution in [3.63, 3.8) is 0 Å². The molecule has 0 spiro atoms. The second-order valence-corrected chi connectivity index (χ2v) is 5.62. The zero-order valence-corrected chi connectivity index (χ0v) is 11.9. The van der Waals surface area contributed by atoms with Gasteiger partial charge in [-0.2, -0.15) is 0 Å². The molecule has 1 aliphatic rings. The van der Waals surface area contributed by atoms with E-state index in [1.165, 1.54) is 4.90 Å². The van der Waals surface area contributed by atoms with Crippen molar-refractivity contribution in [3.8, 4) is 0 Å². The number of carbonyl (C=O) groups is 2. The summed E-state index contributed by atoms with van der Waals surface area (Å²) < 4.78 is 14.8. The maximum absolute atomic E-state index is 13.9. The predicted molar refractivity (Wildman–Crippen MR) is 70.9 cm³/mol. The molecule has 1 atom stereocenters. The highest BCUT2D eigenvalue weighted by Crippen LogP contribution is 2.28. The number of rotatable bonds is 2. The standard InChI is InChI=1S/C13H13BrFNO3/c1-8-6-9(14)2-3-10(8)11(17)16-5-4-13(15,7-16)12(18)19/h2-3,6H,4-5,7H2,1H3,(H,18,19). The number of aliphatic carboxylic acids is 1. The largest absolute Gasteiger partial charge is 0.479 e. The molecule has 1 unspecified atom stereocenters. The van der Waals surface area contributed by atoms with E-state index in [-0.39, 0.29) is 18.9 Å². The molecule has 6 heteroatoms. The number of likely N-dealkylation sites (tertiary alicyclic amines) is 1. The van der Waals surface area contributed by atoms with Crippen LogP contribution in [0, 0.1) is 6.92 Å². The van der Waals surface area contributed by atoms with Gasteiger partial charge in [-0.15, -0.1) is 0 Å². The minimum atomic E-state index is -2.32. The molecule has 0 saturated carbocycles. The van der Waals surface area contributed by atoms with Crippen molar-refractivity contribution in [1.82, 2.24) is 4.90 Å². The van der Waals surface area contributed by atoms with Gasteiger partial charge in [0.15, 0.2) is 0 Å². The van der Waals surface area contributed by atoms with Crippen LogP contribution in [0.4, 0.5) is 4.39 Å². The molecule has 0 aromatic heterocycles. The molecular weight excluding hydrogens is 317 g/mol. The van der Waals surface area contributed by atoms with Crippen LogP contribution < -0.4 is 0 Å². The monoisotopic (exact) mass is 329 g/mol. The first-order valence-electron chi connectivity index (χ1n) is 5.81. The molecule has 1 aliphatic heterocycles. The molecule has 1 aromatic rings. The first-order valence-corrected chi connectivity index (χ1v) is 6.60. The van der Waals surface area contributed by atoms with Crippen LogP contribution in [-0.2, 0) is 4.79 Å². The first-order chi connectivity index (χ1) is 8.83. The predicted octanol–water partition coefficient (Wildman–Crippen LogP) is 2.40. The Morgan fingerprint density at radius 2 is 2.16 bits per heavy atom. The van der Waals surface area contributed by atoms with E-state index in [2.05, 4.69) is 15.9 Å². The highest BCUT2D eigenvalue weighted by atomic mass is 79.9. The average molecular weight is 330 g/mol. The Hall–Kier alpha value is -1.43. The molecule has 1 saturated heterocycles. The summed E-state index contributed by atoms with van der Waals surface area (Å²) >= 11 is 3.30. The van der Waals surface area contributed by atoms with Crippen molar-refractivity contribution < 1.29 is 19.1 Å². The number of carbonyl (C=O) groups excluding carboxylic acids is 1. The second-order valence-electron chi connectivity index (χ2n) is 4.71. The molecule has 0 bridgehead atoms. The summed E-state index contributed by atoms with van der Waals surface area (Å²) in [5.74, 6) is -1.83. The average Bonchev–Trinajstić information content (AvgIpc) is 2.73. The number of carboxylic acid groups (broad SMARTS) is 1. The minimum absolute atomic E-state index is 0.122. The Bertz CT molecular complexity index is 549. The fraction of sp³-hybridized carbons (Fsp3) is 0.385. The summed E-state index contributed by atoms with van der Waals surface area (Å²) in [7, 11) is 0. The van der Waals surface area contributed by atoms with Gasteiger partial charge in [0.25, 0.3) is 5.91 Å². The third kappa shape index (κ3) is 2.63. The van der Waals surface area contributed by atoms with Gasteiger partial charge in [-0.25, -0.2) is 9.18 Å². The number of alkyl halides is 1. The van der Waals surface area contributed by atoms with Crippen molar-refractivity contribution in [2.24, 2.45) is 0 Å². The number of benzene rings is 1. The van der Waals surface area contributed by atoms with E-state index in [1.807, 2.05) is 0 Å². The van der Waals surface area contributed by atoms with Crippen LogP contribution in [0.3, 0.4) is 0 Å². The van der Waals surface area contributed by atoms with Crippen LogP contribution in [0.1, 0.15) is 22.3 Å². The lowest BCUT2D eigenvalue weighted by Crippen LogP contribution is -2.39. The molecule has 1 fully saturated rings. The van der Waals surface area contributed by atoms with Crippen LogP contribution in [0.5, 0.6) is 0 Å². The lowest BCUT2D eigenvalue weighted by molar-refractivity contribution is -0.149. The molecule has 19 heavy (non-hydrogen) atoms. The summed E-state index contributed by atoms with van der Waals surface area (Å²) in [6.45, 7) is 1.52. The van der Waals surface area contributed by atoms with Gasteiger partial charge in [-0.05, 0) is 30.7 Å². The number of nitrogens with zero attached hydrogens (tertiary/aromatic N) is 1. The molecule has 4 nitrogen and oxygen atoms in total. The minimum Gasteiger partial charge on any atom is -0.479 e. The molecule has 1 amide bonds. The number of halogens is 2. The number of hydrogen-bond donors (Lipinski definition) is 1. The molecule has 0 aliphatic carbocycles. The van der Waals surface area contributed by atoms with E-state index in [4.69, 9.17) is 5.11 Å². The third-order valence-electron chi connectivity index (χ3n) is 3.31. The van der Waals surface area contributed by atoms with Crippen molar-refractivity contribution in [2.75, 3.05) is 13.1 Å². The van der Waals surface area contributed by atoms with Gasteiger partial charge < -0.3 is 10.0 Å². The van der Waals surface area contributed by atoms with Crippen LogP contribution in [-0.4, -0.2) is 40.6 Å². The van der Waals surface area contributed by atoms with E-state index < -0.39 is 18.2 Å². The van der Waals surface area contributed by atoms with Crippen LogP contribution >= 0.6 is 15.9 Å². The summed E-state index contributed by atoms with van der Waals surface area (Å²) in [5.41, 5.74) is -1.08. The van der Waals surface area contributed by atoms with Gasteiger partial charge in [-0.3, -0.25) is 4.79 Å². The molecule has 1 aromatic carbocycles. The summed E-state index contributed by atoms with van der Waals surface area (Å²) in [6.07, 6.45) is -0.163. The number of aryl methyl sites for hydroxylation is 1. The van der Waals surface area contributed by atoms with Gasteiger partial charge in [0.05, 0.1) is 6.54 Å². The molecule has 1 heterocycles. The first kappa shape index (κ1) is 14.0. The number of hydrogen-bond acceptors (Lipinski definition) is 2. The second kappa shape index (κ2) is 4.92. The maximum atomic E-state index is 13.9. The molecule has 1 N–H and O–H groups in total. The lowest BCUT2D eigenvalue weighted by atomic mass is 10.1. The van der Waals surface area contributed by atoms with Crippen molar-refractivity contribution in [2.45, 2.75) is 19.0 Å². The van der Waals surface area contributed by atoms with E-state index in [0.717, 1.165) is 10.0 Å². The van der Waals surface area contributed by atoms with E-state index in [9.17, 15) is 14.0 Å². The van der Waals surface area contributed by atoms with Crippen molar-refractivity contribution in [3.05, 3.63) is 33.8 Å². The van der Waals surface area contributed by atoms with Gasteiger partial charge in [0.2, 0.25) is 5.67 Å². The Balaban J connectivity index is 2.20. The normalized spacial score (nSPS) is 22.6. The Morgan fingerprint density at radius 1 is 1.47 bits per heavy atom. The highest BCUT2D eigenvalue weighted by Gasteiger charge is 2.47. The third-order valence-corrected chi connectivity index (χ3v) is 3.80. The molecule has 0 radical (unpaired) electrons. The summed E-state index contributed by atoms with van der Waals surface area (Å²) in [4.78, 5) is 24.3. The van der Waals surface area contributed by atoms with Crippen LogP contribution in [0.15, 0.2) is 22.7 Å². The zero-order valence-electron chi connectivity index (χ0n) is 10.3. The fourth-order valence-electron chi connectivity index (χ4n) is 2.16. The van der Waals surface area contributed by atoms with E-state index in [0.29, 0.717) is 5.56 Å². The SMILES string of the molecule is Cc1cc(Br)ccc1C(=O)N1CCC(F)(C(=O)O)C1. The summed E-state index contributed by atoms with van der Waals surface area (Å²) in [6, 6.07) is 5.18. The molecule has 102 valence electrons.